The molecule has 0 radical (unpaired) electrons. The summed E-state index contributed by atoms with van der Waals surface area (Å²) in [5.41, 5.74) is 1.77. The number of aromatic amines is 1. The summed E-state index contributed by atoms with van der Waals surface area (Å²) in [6, 6.07) is 13.6. The largest absolute Gasteiger partial charge is 0.497 e. The molecule has 1 aliphatic rings. The molecule has 4 rings (SSSR count). The van der Waals surface area contributed by atoms with E-state index in [1.54, 1.807) is 20.3 Å². The summed E-state index contributed by atoms with van der Waals surface area (Å²) in [7, 11) is 3.34. The van der Waals surface area contributed by atoms with Gasteiger partial charge in [-0.1, -0.05) is 18.2 Å². The van der Waals surface area contributed by atoms with Crippen molar-refractivity contribution in [2.75, 3.05) is 20.8 Å². The van der Waals surface area contributed by atoms with Crippen molar-refractivity contribution in [3.63, 3.8) is 0 Å². The lowest BCUT2D eigenvalue weighted by Gasteiger charge is -2.31. The van der Waals surface area contributed by atoms with Crippen LogP contribution in [-0.4, -0.2) is 35.6 Å². The van der Waals surface area contributed by atoms with Crippen molar-refractivity contribution in [2.45, 2.75) is 31.8 Å². The zero-order chi connectivity index (χ0) is 19.7. The van der Waals surface area contributed by atoms with Crippen molar-refractivity contribution in [1.29, 1.82) is 0 Å². The lowest BCUT2D eigenvalue weighted by atomic mass is 10.0. The Morgan fingerprint density at radius 2 is 2.00 bits per heavy atom. The molecule has 1 aliphatic heterocycles. The second-order valence-electron chi connectivity index (χ2n) is 7.15. The standard InChI is InChI=1S/C22H25N3O3/c1-14(21-23-18-8-5-4-7-16(18)22(26)24-21)25-12-6-9-19(25)17-11-10-15(27-2)13-20(17)28-3/h4-5,7-8,10-11,13-14,19H,6,9,12H2,1-3H3,(H,23,24,26)/t14-,19-/m1/s1. The fourth-order valence-corrected chi connectivity index (χ4v) is 4.14. The van der Waals surface area contributed by atoms with Crippen LogP contribution in [0.4, 0.5) is 0 Å². The van der Waals surface area contributed by atoms with Crippen LogP contribution in [0.1, 0.15) is 43.2 Å². The maximum atomic E-state index is 12.5. The minimum Gasteiger partial charge on any atom is -0.497 e. The molecule has 0 amide bonds. The van der Waals surface area contributed by atoms with Gasteiger partial charge in [0.15, 0.2) is 0 Å². The van der Waals surface area contributed by atoms with E-state index in [1.807, 2.05) is 30.3 Å². The lowest BCUT2D eigenvalue weighted by Crippen LogP contribution is -2.29. The van der Waals surface area contributed by atoms with Gasteiger partial charge in [0.1, 0.15) is 17.3 Å². The van der Waals surface area contributed by atoms with E-state index >= 15 is 0 Å². The monoisotopic (exact) mass is 379 g/mol. The molecular weight excluding hydrogens is 354 g/mol. The first-order valence-electron chi connectivity index (χ1n) is 9.59. The second-order valence-corrected chi connectivity index (χ2v) is 7.15. The zero-order valence-corrected chi connectivity index (χ0v) is 16.4. The Labute approximate surface area is 164 Å². The number of nitrogens with zero attached hydrogens (tertiary/aromatic N) is 2. The Morgan fingerprint density at radius 3 is 2.79 bits per heavy atom. The van der Waals surface area contributed by atoms with Crippen LogP contribution in [0.15, 0.2) is 47.3 Å². The molecule has 2 atom stereocenters. The van der Waals surface area contributed by atoms with Gasteiger partial charge in [0.05, 0.1) is 31.2 Å². The minimum absolute atomic E-state index is 0.0170. The minimum atomic E-state index is -0.0924. The van der Waals surface area contributed by atoms with E-state index < -0.39 is 0 Å². The number of methoxy groups -OCH3 is 2. The second kappa shape index (κ2) is 7.64. The van der Waals surface area contributed by atoms with E-state index in [9.17, 15) is 4.79 Å². The molecule has 1 saturated heterocycles. The molecular formula is C22H25N3O3. The summed E-state index contributed by atoms with van der Waals surface area (Å²) in [5, 5.41) is 0.619. The van der Waals surface area contributed by atoms with Crippen molar-refractivity contribution in [3.8, 4) is 11.5 Å². The number of H-pyrrole nitrogens is 1. The van der Waals surface area contributed by atoms with Gasteiger partial charge in [0, 0.05) is 17.7 Å². The Morgan fingerprint density at radius 1 is 1.18 bits per heavy atom. The van der Waals surface area contributed by atoms with Gasteiger partial charge in [-0.3, -0.25) is 9.69 Å². The first-order chi connectivity index (χ1) is 13.6. The predicted molar refractivity (Wildman–Crippen MR) is 109 cm³/mol. The molecule has 28 heavy (non-hydrogen) atoms. The molecule has 0 aliphatic carbocycles. The van der Waals surface area contributed by atoms with E-state index in [0.717, 1.165) is 42.0 Å². The Balaban J connectivity index is 1.70. The number of rotatable bonds is 5. The van der Waals surface area contributed by atoms with Gasteiger partial charge in [-0.05, 0) is 44.5 Å². The smallest absolute Gasteiger partial charge is 0.258 e. The number of hydrogen-bond donors (Lipinski definition) is 1. The third kappa shape index (κ3) is 3.24. The third-order valence-electron chi connectivity index (χ3n) is 5.62. The molecule has 6 nitrogen and oxygen atoms in total. The first-order valence-corrected chi connectivity index (χ1v) is 9.59. The summed E-state index contributed by atoms with van der Waals surface area (Å²) in [6.07, 6.45) is 2.12. The summed E-state index contributed by atoms with van der Waals surface area (Å²) in [4.78, 5) is 22.6. The molecule has 1 fully saturated rings. The van der Waals surface area contributed by atoms with Crippen molar-refractivity contribution in [1.82, 2.24) is 14.9 Å². The normalized spacial score (nSPS) is 18.3. The number of nitrogens with one attached hydrogen (secondary N) is 1. The van der Waals surface area contributed by atoms with E-state index in [1.165, 1.54) is 0 Å². The molecule has 3 aromatic rings. The highest BCUT2D eigenvalue weighted by Crippen LogP contribution is 2.42. The van der Waals surface area contributed by atoms with Gasteiger partial charge in [0.2, 0.25) is 0 Å². The molecule has 6 heteroatoms. The molecule has 1 N–H and O–H groups in total. The van der Waals surface area contributed by atoms with Crippen LogP contribution in [0.25, 0.3) is 10.9 Å². The van der Waals surface area contributed by atoms with Gasteiger partial charge in [0.25, 0.3) is 5.56 Å². The maximum absolute atomic E-state index is 12.5. The number of aromatic nitrogens is 2. The molecule has 0 bridgehead atoms. The van der Waals surface area contributed by atoms with E-state index in [-0.39, 0.29) is 17.6 Å². The SMILES string of the molecule is COc1ccc([C@H]2CCCN2[C@H](C)c2nc3ccccc3c(=O)[nH]2)c(OC)c1. The Bertz CT molecular complexity index is 1050. The molecule has 146 valence electrons. The van der Waals surface area contributed by atoms with Crippen LogP contribution in [0.3, 0.4) is 0 Å². The summed E-state index contributed by atoms with van der Waals surface area (Å²) >= 11 is 0. The van der Waals surface area contributed by atoms with Gasteiger partial charge in [-0.15, -0.1) is 0 Å². The summed E-state index contributed by atoms with van der Waals surface area (Å²) < 4.78 is 11.0. The van der Waals surface area contributed by atoms with Crippen molar-refractivity contribution >= 4 is 10.9 Å². The van der Waals surface area contributed by atoms with Gasteiger partial charge < -0.3 is 14.5 Å². The lowest BCUT2D eigenvalue weighted by molar-refractivity contribution is 0.184. The number of fused-ring (bicyclic) bond motifs is 1. The quantitative estimate of drug-likeness (QED) is 0.730. The van der Waals surface area contributed by atoms with Crippen molar-refractivity contribution in [2.24, 2.45) is 0 Å². The van der Waals surface area contributed by atoms with Crippen LogP contribution in [0, 0.1) is 0 Å². The molecule has 2 aromatic carbocycles. The number of benzene rings is 2. The van der Waals surface area contributed by atoms with Crippen LogP contribution < -0.4 is 15.0 Å². The Kier molecular flexibility index (Phi) is 5.05. The highest BCUT2D eigenvalue weighted by Gasteiger charge is 2.33. The number of para-hydroxylation sites is 1. The predicted octanol–water partition coefficient (Wildman–Crippen LogP) is 3.84. The average molecular weight is 379 g/mol. The van der Waals surface area contributed by atoms with Crippen LogP contribution in [-0.2, 0) is 0 Å². The highest BCUT2D eigenvalue weighted by molar-refractivity contribution is 5.77. The van der Waals surface area contributed by atoms with Crippen LogP contribution in [0.5, 0.6) is 11.5 Å². The van der Waals surface area contributed by atoms with Crippen molar-refractivity contribution < 1.29 is 9.47 Å². The van der Waals surface area contributed by atoms with Crippen LogP contribution >= 0.6 is 0 Å². The van der Waals surface area contributed by atoms with Gasteiger partial charge in [-0.25, -0.2) is 4.98 Å². The third-order valence-corrected chi connectivity index (χ3v) is 5.62. The fourth-order valence-electron chi connectivity index (χ4n) is 4.14. The van der Waals surface area contributed by atoms with E-state index in [4.69, 9.17) is 14.5 Å². The first kappa shape index (κ1) is 18.5. The van der Waals surface area contributed by atoms with Crippen molar-refractivity contribution in [3.05, 3.63) is 64.2 Å². The Hall–Kier alpha value is -2.86. The maximum Gasteiger partial charge on any atom is 0.258 e. The van der Waals surface area contributed by atoms with Gasteiger partial charge in [-0.2, -0.15) is 0 Å². The van der Waals surface area contributed by atoms with E-state index in [0.29, 0.717) is 11.2 Å². The molecule has 1 aromatic heterocycles. The average Bonchev–Trinajstić information content (AvgIpc) is 3.22. The summed E-state index contributed by atoms with van der Waals surface area (Å²) in [5.74, 6) is 2.30. The number of hydrogen-bond acceptors (Lipinski definition) is 5. The number of likely N-dealkylation sites (tertiary alicyclic amines) is 1. The highest BCUT2D eigenvalue weighted by atomic mass is 16.5. The molecule has 0 unspecified atom stereocenters. The van der Waals surface area contributed by atoms with Gasteiger partial charge >= 0.3 is 0 Å². The summed E-state index contributed by atoms with van der Waals surface area (Å²) in [6.45, 7) is 3.04. The van der Waals surface area contributed by atoms with Crippen LogP contribution in [0.2, 0.25) is 0 Å². The topological polar surface area (TPSA) is 67.5 Å². The fraction of sp³-hybridized carbons (Fsp3) is 0.364. The molecule has 2 heterocycles. The number of ether oxygens (including phenoxy) is 2. The molecule has 0 saturated carbocycles. The van der Waals surface area contributed by atoms with E-state index in [2.05, 4.69) is 22.9 Å². The molecule has 0 spiro atoms. The zero-order valence-electron chi connectivity index (χ0n) is 16.4.